The highest BCUT2D eigenvalue weighted by Crippen LogP contribution is 2.39. The molecule has 0 aromatic heterocycles. The molecule has 0 atom stereocenters. The number of hydrogen-bond acceptors (Lipinski definition) is 2. The summed E-state index contributed by atoms with van der Waals surface area (Å²) in [6.07, 6.45) is 6.85. The van der Waals surface area contributed by atoms with E-state index in [1.165, 1.54) is 49.0 Å². The lowest BCUT2D eigenvalue weighted by atomic mass is 9.83. The first-order valence-corrected chi connectivity index (χ1v) is 6.90. The zero-order valence-electron chi connectivity index (χ0n) is 10.8. The van der Waals surface area contributed by atoms with Gasteiger partial charge in [0.15, 0.2) is 0 Å². The molecule has 0 unspecified atom stereocenters. The van der Waals surface area contributed by atoms with E-state index < -0.39 is 0 Å². The van der Waals surface area contributed by atoms with E-state index in [9.17, 15) is 0 Å². The molecule has 0 radical (unpaired) electrons. The zero-order valence-corrected chi connectivity index (χ0v) is 11.6. The van der Waals surface area contributed by atoms with Crippen LogP contribution in [0.2, 0.25) is 0 Å². The lowest BCUT2D eigenvalue weighted by Gasteiger charge is -2.24. The van der Waals surface area contributed by atoms with Crippen molar-refractivity contribution in [2.45, 2.75) is 44.6 Å². The minimum absolute atomic E-state index is 0. The predicted molar refractivity (Wildman–Crippen MR) is 76.7 cm³/mol. The number of fused-ring (bicyclic) bond motifs is 1. The average Bonchev–Trinajstić information content (AvgIpc) is 2.64. The first kappa shape index (κ1) is 13.7. The van der Waals surface area contributed by atoms with Crippen LogP contribution < -0.4 is 10.1 Å². The number of halogens is 1. The van der Waals surface area contributed by atoms with Gasteiger partial charge in [0.1, 0.15) is 12.4 Å². The molecule has 0 amide bonds. The van der Waals surface area contributed by atoms with Gasteiger partial charge in [-0.3, -0.25) is 0 Å². The highest BCUT2D eigenvalue weighted by Gasteiger charge is 2.21. The summed E-state index contributed by atoms with van der Waals surface area (Å²) in [6, 6.07) is 6.67. The highest BCUT2D eigenvalue weighted by atomic mass is 35.5. The summed E-state index contributed by atoms with van der Waals surface area (Å²) in [7, 11) is 0. The molecule has 18 heavy (non-hydrogen) atoms. The molecule has 1 saturated carbocycles. The van der Waals surface area contributed by atoms with E-state index >= 15 is 0 Å². The smallest absolute Gasteiger partial charge is 0.127 e. The van der Waals surface area contributed by atoms with E-state index in [-0.39, 0.29) is 12.4 Å². The van der Waals surface area contributed by atoms with E-state index in [2.05, 4.69) is 23.5 Å². The summed E-state index contributed by atoms with van der Waals surface area (Å²) in [6.45, 7) is 2.71. The van der Waals surface area contributed by atoms with Crippen LogP contribution in [-0.2, 0) is 6.54 Å². The monoisotopic (exact) mass is 267 g/mol. The number of rotatable bonds is 1. The van der Waals surface area contributed by atoms with Gasteiger partial charge in [0, 0.05) is 18.7 Å². The van der Waals surface area contributed by atoms with Gasteiger partial charge in [-0.2, -0.15) is 0 Å². The lowest BCUT2D eigenvalue weighted by Crippen LogP contribution is -2.16. The lowest BCUT2D eigenvalue weighted by molar-refractivity contribution is 0.316. The topological polar surface area (TPSA) is 21.3 Å². The van der Waals surface area contributed by atoms with Crippen LogP contribution in [0.1, 0.15) is 49.1 Å². The van der Waals surface area contributed by atoms with Crippen molar-refractivity contribution in [2.24, 2.45) is 0 Å². The summed E-state index contributed by atoms with van der Waals surface area (Å²) >= 11 is 0. The molecule has 3 rings (SSSR count). The van der Waals surface area contributed by atoms with E-state index in [1.807, 2.05) is 0 Å². The normalized spacial score (nSPS) is 20.2. The van der Waals surface area contributed by atoms with Gasteiger partial charge in [0.05, 0.1) is 0 Å². The van der Waals surface area contributed by atoms with Gasteiger partial charge in [-0.25, -0.2) is 0 Å². The maximum Gasteiger partial charge on any atom is 0.127 e. The van der Waals surface area contributed by atoms with Gasteiger partial charge in [-0.05, 0) is 24.3 Å². The largest absolute Gasteiger partial charge is 0.492 e. The van der Waals surface area contributed by atoms with Gasteiger partial charge in [0.2, 0.25) is 0 Å². The molecule has 2 aliphatic rings. The highest BCUT2D eigenvalue weighted by molar-refractivity contribution is 5.85. The fourth-order valence-corrected chi connectivity index (χ4v) is 3.10. The third kappa shape index (κ3) is 2.81. The molecule has 1 aromatic rings. The fourth-order valence-electron chi connectivity index (χ4n) is 3.10. The van der Waals surface area contributed by atoms with Crippen LogP contribution in [0.5, 0.6) is 5.75 Å². The van der Waals surface area contributed by atoms with E-state index in [0.29, 0.717) is 0 Å². The van der Waals surface area contributed by atoms with Crippen LogP contribution in [0.25, 0.3) is 0 Å². The Hall–Kier alpha value is -0.730. The fraction of sp³-hybridized carbons (Fsp3) is 0.600. The molecule has 3 heteroatoms. The van der Waals surface area contributed by atoms with Crippen molar-refractivity contribution in [2.75, 3.05) is 13.2 Å². The molecule has 0 spiro atoms. The molecular weight excluding hydrogens is 246 g/mol. The minimum atomic E-state index is 0. The van der Waals surface area contributed by atoms with Crippen molar-refractivity contribution in [1.29, 1.82) is 0 Å². The summed E-state index contributed by atoms with van der Waals surface area (Å²) in [5, 5.41) is 3.41. The van der Waals surface area contributed by atoms with Crippen LogP contribution in [0, 0.1) is 0 Å². The van der Waals surface area contributed by atoms with Crippen molar-refractivity contribution in [3.05, 3.63) is 29.3 Å². The van der Waals surface area contributed by atoms with Gasteiger partial charge in [-0.1, -0.05) is 37.5 Å². The van der Waals surface area contributed by atoms with Crippen molar-refractivity contribution < 1.29 is 4.74 Å². The Labute approximate surface area is 116 Å². The number of benzene rings is 1. The summed E-state index contributed by atoms with van der Waals surface area (Å²) < 4.78 is 5.97. The molecule has 1 N–H and O–H groups in total. The van der Waals surface area contributed by atoms with Gasteiger partial charge < -0.3 is 10.1 Å². The van der Waals surface area contributed by atoms with Crippen LogP contribution >= 0.6 is 12.4 Å². The molecule has 1 aromatic carbocycles. The number of ether oxygens (including phenoxy) is 1. The second kappa shape index (κ2) is 6.44. The quantitative estimate of drug-likeness (QED) is 0.839. The molecule has 1 aliphatic heterocycles. The molecule has 0 bridgehead atoms. The summed E-state index contributed by atoms with van der Waals surface area (Å²) in [5.41, 5.74) is 2.80. The predicted octanol–water partition coefficient (Wildman–Crippen LogP) is 3.64. The Balaban J connectivity index is 0.00000120. The molecule has 0 saturated heterocycles. The molecule has 2 nitrogen and oxygen atoms in total. The Morgan fingerprint density at radius 2 is 1.94 bits per heavy atom. The third-order valence-electron chi connectivity index (χ3n) is 4.01. The second-order valence-electron chi connectivity index (χ2n) is 5.20. The maximum absolute atomic E-state index is 5.97. The van der Waals surface area contributed by atoms with E-state index in [1.54, 1.807) is 0 Å². The van der Waals surface area contributed by atoms with Crippen LogP contribution in [0.3, 0.4) is 0 Å². The summed E-state index contributed by atoms with van der Waals surface area (Å²) in [5.74, 6) is 1.92. The molecule has 1 heterocycles. The Morgan fingerprint density at radius 3 is 2.78 bits per heavy atom. The first-order chi connectivity index (χ1) is 8.45. The van der Waals surface area contributed by atoms with Crippen molar-refractivity contribution in [3.63, 3.8) is 0 Å². The molecular formula is C15H22ClNO. The van der Waals surface area contributed by atoms with Crippen LogP contribution in [-0.4, -0.2) is 13.2 Å². The van der Waals surface area contributed by atoms with Crippen LogP contribution in [0.4, 0.5) is 0 Å². The van der Waals surface area contributed by atoms with Crippen molar-refractivity contribution in [3.8, 4) is 5.75 Å². The molecule has 1 aliphatic carbocycles. The van der Waals surface area contributed by atoms with Gasteiger partial charge in [-0.15, -0.1) is 12.4 Å². The molecule has 1 fully saturated rings. The third-order valence-corrected chi connectivity index (χ3v) is 4.01. The minimum Gasteiger partial charge on any atom is -0.492 e. The SMILES string of the molecule is Cl.c1cc2c(c(C3CCCCC3)c1)OCCNC2. The number of nitrogens with one attached hydrogen (secondary N) is 1. The van der Waals surface area contributed by atoms with E-state index in [4.69, 9.17) is 4.74 Å². The van der Waals surface area contributed by atoms with E-state index in [0.717, 1.165) is 25.6 Å². The Kier molecular flexibility index (Phi) is 4.90. The van der Waals surface area contributed by atoms with Crippen molar-refractivity contribution >= 4 is 12.4 Å². The number of hydrogen-bond donors (Lipinski definition) is 1. The second-order valence-corrected chi connectivity index (χ2v) is 5.20. The molecule has 100 valence electrons. The average molecular weight is 268 g/mol. The Morgan fingerprint density at radius 1 is 1.11 bits per heavy atom. The van der Waals surface area contributed by atoms with Crippen molar-refractivity contribution in [1.82, 2.24) is 5.32 Å². The Bertz CT molecular complexity index is 388. The first-order valence-electron chi connectivity index (χ1n) is 6.90. The number of para-hydroxylation sites is 1. The summed E-state index contributed by atoms with van der Waals surface area (Å²) in [4.78, 5) is 0. The van der Waals surface area contributed by atoms with Crippen LogP contribution in [0.15, 0.2) is 18.2 Å². The van der Waals surface area contributed by atoms with Gasteiger partial charge in [0.25, 0.3) is 0 Å². The standard InChI is InChI=1S/C15H21NO.ClH/c1-2-5-12(6-3-1)14-8-4-7-13-11-16-9-10-17-15(13)14;/h4,7-8,12,16H,1-3,5-6,9-11H2;1H. The zero-order chi connectivity index (χ0) is 11.5. The maximum atomic E-state index is 5.97. The van der Waals surface area contributed by atoms with Gasteiger partial charge >= 0.3 is 0 Å².